The van der Waals surface area contributed by atoms with Crippen molar-refractivity contribution >= 4 is 22.7 Å². The van der Waals surface area contributed by atoms with Gasteiger partial charge >= 0.3 is 6.09 Å². The van der Waals surface area contributed by atoms with E-state index in [1.165, 1.54) is 4.90 Å². The number of rotatable bonds is 5. The van der Waals surface area contributed by atoms with E-state index < -0.39 is 46.7 Å². The maximum Gasteiger partial charge on any atom is 0.410 e. The molecule has 8 nitrogen and oxygen atoms in total. The van der Waals surface area contributed by atoms with Crippen LogP contribution in [0.3, 0.4) is 0 Å². The SMILES string of the molecule is CC(C)(C)OC(=O)N1C[C@@H](O[Si](C)(C)C(C)(C)C)[C@@H](O[Si](C)(C)C(C)(C)C)[C@H]1N=[N+]=[N-]. The Hall–Kier alpha value is -1.07. The van der Waals surface area contributed by atoms with Gasteiger partial charge in [0.05, 0.1) is 18.8 Å². The average Bonchev–Trinajstić information content (AvgIpc) is 2.81. The Morgan fingerprint density at radius 2 is 1.39 bits per heavy atom. The van der Waals surface area contributed by atoms with Crippen LogP contribution in [-0.2, 0) is 13.6 Å². The molecule has 0 aromatic carbocycles. The van der Waals surface area contributed by atoms with E-state index in [9.17, 15) is 10.3 Å². The Morgan fingerprint density at radius 1 is 0.935 bits per heavy atom. The first-order valence-electron chi connectivity index (χ1n) is 11.0. The van der Waals surface area contributed by atoms with E-state index in [4.69, 9.17) is 13.6 Å². The predicted octanol–water partition coefficient (Wildman–Crippen LogP) is 6.65. The number of hydrogen-bond acceptors (Lipinski definition) is 5. The minimum absolute atomic E-state index is 0.0120. The Labute approximate surface area is 190 Å². The summed E-state index contributed by atoms with van der Waals surface area (Å²) >= 11 is 0. The van der Waals surface area contributed by atoms with Gasteiger partial charge in [0.15, 0.2) is 16.6 Å². The molecule has 0 aromatic rings. The van der Waals surface area contributed by atoms with Crippen molar-refractivity contribution < 1.29 is 18.4 Å². The van der Waals surface area contributed by atoms with Crippen molar-refractivity contribution in [1.82, 2.24) is 4.90 Å². The van der Waals surface area contributed by atoms with Crippen molar-refractivity contribution in [3.63, 3.8) is 0 Å². The molecule has 1 aliphatic rings. The summed E-state index contributed by atoms with van der Waals surface area (Å²) in [5.41, 5.74) is 8.63. The number of amides is 1. The van der Waals surface area contributed by atoms with Crippen LogP contribution < -0.4 is 0 Å². The molecule has 0 unspecified atom stereocenters. The highest BCUT2D eigenvalue weighted by Gasteiger charge is 2.53. The molecular weight excluding hydrogens is 428 g/mol. The third-order valence-corrected chi connectivity index (χ3v) is 15.6. The third kappa shape index (κ3) is 6.96. The van der Waals surface area contributed by atoms with Crippen LogP contribution in [-0.4, -0.2) is 58.1 Å². The molecule has 1 heterocycles. The summed E-state index contributed by atoms with van der Waals surface area (Å²) in [5, 5.41) is 3.93. The normalized spacial score (nSPS) is 23.5. The van der Waals surface area contributed by atoms with Gasteiger partial charge in [0.25, 0.3) is 0 Å². The molecule has 0 N–H and O–H groups in total. The number of nitrogens with zero attached hydrogens (tertiary/aromatic N) is 4. The molecule has 1 aliphatic heterocycles. The molecule has 0 spiro atoms. The molecule has 10 heteroatoms. The fourth-order valence-corrected chi connectivity index (χ4v) is 5.40. The largest absolute Gasteiger partial charge is 0.444 e. The smallest absolute Gasteiger partial charge is 0.410 e. The Kier molecular flexibility index (Phi) is 8.17. The summed E-state index contributed by atoms with van der Waals surface area (Å²) in [5.74, 6) is 0. The molecule has 0 saturated carbocycles. The van der Waals surface area contributed by atoms with Gasteiger partial charge in [0.1, 0.15) is 11.8 Å². The van der Waals surface area contributed by atoms with Gasteiger partial charge in [-0.3, -0.25) is 4.90 Å². The summed E-state index contributed by atoms with van der Waals surface area (Å²) in [6.45, 7) is 27.4. The fourth-order valence-electron chi connectivity index (χ4n) is 2.77. The zero-order valence-corrected chi connectivity index (χ0v) is 23.9. The van der Waals surface area contributed by atoms with Gasteiger partial charge in [-0.2, -0.15) is 0 Å². The van der Waals surface area contributed by atoms with E-state index >= 15 is 0 Å². The molecule has 1 saturated heterocycles. The second-order valence-corrected chi connectivity index (χ2v) is 22.0. The highest BCUT2D eigenvalue weighted by molar-refractivity contribution is 6.74. The zero-order chi connectivity index (χ0) is 24.6. The second kappa shape index (κ2) is 9.05. The van der Waals surface area contributed by atoms with Gasteiger partial charge in [0.2, 0.25) is 0 Å². The van der Waals surface area contributed by atoms with Crippen LogP contribution in [0.15, 0.2) is 5.11 Å². The minimum atomic E-state index is -2.24. The number of carbonyl (C=O) groups is 1. The lowest BCUT2D eigenvalue weighted by Crippen LogP contribution is -2.53. The van der Waals surface area contributed by atoms with E-state index in [0.29, 0.717) is 0 Å². The van der Waals surface area contributed by atoms with Gasteiger partial charge in [-0.15, -0.1) is 0 Å². The number of carbonyl (C=O) groups excluding carboxylic acids is 1. The Bertz CT molecular complexity index is 702. The van der Waals surface area contributed by atoms with Crippen molar-refractivity contribution in [3.05, 3.63) is 10.4 Å². The van der Waals surface area contributed by atoms with Crippen molar-refractivity contribution in [2.24, 2.45) is 5.11 Å². The van der Waals surface area contributed by atoms with Gasteiger partial charge in [-0.1, -0.05) is 46.7 Å². The first kappa shape index (κ1) is 28.0. The van der Waals surface area contributed by atoms with Crippen LogP contribution >= 0.6 is 0 Å². The lowest BCUT2D eigenvalue weighted by molar-refractivity contribution is 0.0167. The summed E-state index contributed by atoms with van der Waals surface area (Å²) in [4.78, 5) is 17.5. The summed E-state index contributed by atoms with van der Waals surface area (Å²) < 4.78 is 19.1. The van der Waals surface area contributed by atoms with Crippen LogP contribution in [0, 0.1) is 0 Å². The number of ether oxygens (including phenoxy) is 1. The lowest BCUT2D eigenvalue weighted by Gasteiger charge is -2.43. The first-order chi connectivity index (χ1) is 13.6. The van der Waals surface area contributed by atoms with Gasteiger partial charge < -0.3 is 13.6 Å². The molecule has 1 rings (SSSR count). The van der Waals surface area contributed by atoms with Gasteiger partial charge in [-0.25, -0.2) is 4.79 Å². The molecule has 1 amide bonds. The quantitative estimate of drug-likeness (QED) is 0.193. The minimum Gasteiger partial charge on any atom is -0.444 e. The van der Waals surface area contributed by atoms with Gasteiger partial charge in [0, 0.05) is 4.91 Å². The van der Waals surface area contributed by atoms with E-state index in [2.05, 4.69) is 77.8 Å². The van der Waals surface area contributed by atoms with E-state index in [0.717, 1.165) is 0 Å². The zero-order valence-electron chi connectivity index (χ0n) is 21.9. The van der Waals surface area contributed by atoms with E-state index in [1.807, 2.05) is 20.8 Å². The van der Waals surface area contributed by atoms with Crippen molar-refractivity contribution in [3.8, 4) is 0 Å². The van der Waals surface area contributed by atoms with Crippen molar-refractivity contribution in [2.45, 2.75) is 123 Å². The standard InChI is InChI=1S/C21H44N4O4Si2/c1-19(2,3)27-18(26)25-14-15(28-30(10,11)20(4,5)6)16(17(25)23-24-22)29-31(12,13)21(7,8)9/h15-17H,14H2,1-13H3/t15-,16-,17+/m1/s1. The van der Waals surface area contributed by atoms with Crippen LogP contribution in [0.5, 0.6) is 0 Å². The van der Waals surface area contributed by atoms with Crippen LogP contribution in [0.25, 0.3) is 10.4 Å². The van der Waals surface area contributed by atoms with Crippen LogP contribution in [0.4, 0.5) is 4.79 Å². The first-order valence-corrected chi connectivity index (χ1v) is 16.8. The van der Waals surface area contributed by atoms with E-state index in [-0.39, 0.29) is 16.6 Å². The summed E-state index contributed by atoms with van der Waals surface area (Å²) in [6, 6.07) is 0. The highest BCUT2D eigenvalue weighted by atomic mass is 28.4. The molecule has 1 fully saturated rings. The topological polar surface area (TPSA) is 96.8 Å². The maximum atomic E-state index is 13.0. The van der Waals surface area contributed by atoms with Crippen LogP contribution in [0.1, 0.15) is 62.3 Å². The molecule has 31 heavy (non-hydrogen) atoms. The number of likely N-dealkylation sites (tertiary alicyclic amines) is 1. The Morgan fingerprint density at radius 3 is 1.77 bits per heavy atom. The number of hydrogen-bond donors (Lipinski definition) is 0. The molecular formula is C21H44N4O4Si2. The predicted molar refractivity (Wildman–Crippen MR) is 130 cm³/mol. The maximum absolute atomic E-state index is 13.0. The second-order valence-electron chi connectivity index (χ2n) is 12.5. The highest BCUT2D eigenvalue weighted by Crippen LogP contribution is 2.43. The van der Waals surface area contributed by atoms with Crippen molar-refractivity contribution in [1.29, 1.82) is 0 Å². The molecule has 0 bridgehead atoms. The molecule has 3 atom stereocenters. The number of azide groups is 1. The molecule has 0 aromatic heterocycles. The summed E-state index contributed by atoms with van der Waals surface area (Å²) in [7, 11) is -4.42. The molecule has 0 aliphatic carbocycles. The third-order valence-electron chi connectivity index (χ3n) is 6.64. The average molecular weight is 473 g/mol. The molecule has 180 valence electrons. The van der Waals surface area contributed by atoms with Crippen LogP contribution in [0.2, 0.25) is 36.3 Å². The fraction of sp³-hybridized carbons (Fsp3) is 0.952. The van der Waals surface area contributed by atoms with E-state index in [1.54, 1.807) is 0 Å². The van der Waals surface area contributed by atoms with Gasteiger partial charge in [-0.05, 0) is 62.6 Å². The Balaban J connectivity index is 3.42. The summed E-state index contributed by atoms with van der Waals surface area (Å²) in [6.07, 6.45) is -2.27. The monoisotopic (exact) mass is 472 g/mol. The lowest BCUT2D eigenvalue weighted by atomic mass is 10.2. The van der Waals surface area contributed by atoms with Crippen molar-refractivity contribution in [2.75, 3.05) is 6.54 Å². The molecule has 0 radical (unpaired) electrons.